The van der Waals surface area contributed by atoms with Gasteiger partial charge in [0.05, 0.1) is 6.20 Å². The standard InChI is InChI=1S/C12H14N6O/c13-7-4-8-18(10-5-2-1-3-6-10)12(19)11-9-14-16-17-15-11/h1-3,5-6,9H,4,7-8,13H2. The van der Waals surface area contributed by atoms with Crippen molar-refractivity contribution in [3.05, 3.63) is 42.2 Å². The molecule has 2 rings (SSSR count). The largest absolute Gasteiger partial charge is 0.330 e. The van der Waals surface area contributed by atoms with Gasteiger partial charge >= 0.3 is 0 Å². The maximum Gasteiger partial charge on any atom is 0.280 e. The van der Waals surface area contributed by atoms with Crippen molar-refractivity contribution in [2.45, 2.75) is 6.42 Å². The first-order valence-corrected chi connectivity index (χ1v) is 5.91. The topological polar surface area (TPSA) is 97.9 Å². The summed E-state index contributed by atoms with van der Waals surface area (Å²) in [5.41, 5.74) is 6.46. The molecule has 0 fully saturated rings. The lowest BCUT2D eigenvalue weighted by Crippen LogP contribution is -2.33. The van der Waals surface area contributed by atoms with E-state index < -0.39 is 0 Å². The summed E-state index contributed by atoms with van der Waals surface area (Å²) in [4.78, 5) is 14.0. The van der Waals surface area contributed by atoms with E-state index in [4.69, 9.17) is 5.73 Å². The number of anilines is 1. The van der Waals surface area contributed by atoms with Gasteiger partial charge in [-0.25, -0.2) is 0 Å². The van der Waals surface area contributed by atoms with E-state index in [1.54, 1.807) is 4.90 Å². The fraction of sp³-hybridized carbons (Fsp3) is 0.250. The van der Waals surface area contributed by atoms with E-state index in [-0.39, 0.29) is 11.6 Å². The van der Waals surface area contributed by atoms with Crippen LogP contribution in [0, 0.1) is 0 Å². The summed E-state index contributed by atoms with van der Waals surface area (Å²) >= 11 is 0. The van der Waals surface area contributed by atoms with Crippen LogP contribution < -0.4 is 10.6 Å². The van der Waals surface area contributed by atoms with Crippen molar-refractivity contribution in [1.82, 2.24) is 20.6 Å². The average Bonchev–Trinajstić information content (AvgIpc) is 2.49. The van der Waals surface area contributed by atoms with Gasteiger partial charge in [0.15, 0.2) is 5.69 Å². The third-order valence-corrected chi connectivity index (χ3v) is 2.54. The van der Waals surface area contributed by atoms with Gasteiger partial charge in [-0.2, -0.15) is 0 Å². The fourth-order valence-corrected chi connectivity index (χ4v) is 1.64. The van der Waals surface area contributed by atoms with E-state index in [2.05, 4.69) is 20.6 Å². The van der Waals surface area contributed by atoms with Crippen LogP contribution in [0.5, 0.6) is 0 Å². The molecule has 1 heterocycles. The minimum absolute atomic E-state index is 0.163. The number of nitrogens with zero attached hydrogens (tertiary/aromatic N) is 5. The van der Waals surface area contributed by atoms with E-state index in [1.807, 2.05) is 30.3 Å². The predicted molar refractivity (Wildman–Crippen MR) is 69.4 cm³/mol. The number of carbonyl (C=O) groups is 1. The van der Waals surface area contributed by atoms with Crippen LogP contribution in [0.15, 0.2) is 36.5 Å². The highest BCUT2D eigenvalue weighted by Gasteiger charge is 2.19. The molecule has 1 amide bonds. The number of carbonyl (C=O) groups excluding carboxylic acids is 1. The fourth-order valence-electron chi connectivity index (χ4n) is 1.64. The Morgan fingerprint density at radius 3 is 2.63 bits per heavy atom. The van der Waals surface area contributed by atoms with Crippen LogP contribution in [0.3, 0.4) is 0 Å². The number of hydrogen-bond donors (Lipinski definition) is 1. The van der Waals surface area contributed by atoms with Crippen molar-refractivity contribution in [3.63, 3.8) is 0 Å². The summed E-state index contributed by atoms with van der Waals surface area (Å²) in [6.07, 6.45) is 2.00. The van der Waals surface area contributed by atoms with Crippen molar-refractivity contribution < 1.29 is 4.79 Å². The highest BCUT2D eigenvalue weighted by molar-refractivity contribution is 6.04. The summed E-state index contributed by atoms with van der Waals surface area (Å²) in [6.45, 7) is 1.03. The van der Waals surface area contributed by atoms with Crippen LogP contribution in [0.2, 0.25) is 0 Å². The molecule has 19 heavy (non-hydrogen) atoms. The van der Waals surface area contributed by atoms with Gasteiger partial charge in [-0.3, -0.25) is 4.79 Å². The summed E-state index contributed by atoms with van der Waals surface area (Å²) in [5.74, 6) is -0.262. The minimum atomic E-state index is -0.262. The van der Waals surface area contributed by atoms with E-state index in [0.717, 1.165) is 5.69 Å². The van der Waals surface area contributed by atoms with Crippen LogP contribution in [0.4, 0.5) is 5.69 Å². The molecule has 7 heteroatoms. The molecule has 2 aromatic rings. The summed E-state index contributed by atoms with van der Waals surface area (Å²) in [7, 11) is 0. The Bertz CT molecular complexity index is 518. The molecule has 0 aliphatic heterocycles. The second-order valence-corrected chi connectivity index (χ2v) is 3.84. The normalized spacial score (nSPS) is 10.2. The van der Waals surface area contributed by atoms with Crippen molar-refractivity contribution in [3.8, 4) is 0 Å². The van der Waals surface area contributed by atoms with Gasteiger partial charge in [-0.05, 0) is 35.5 Å². The van der Waals surface area contributed by atoms with E-state index in [9.17, 15) is 4.79 Å². The molecule has 0 radical (unpaired) electrons. The highest BCUT2D eigenvalue weighted by atomic mass is 16.2. The lowest BCUT2D eigenvalue weighted by atomic mass is 10.2. The van der Waals surface area contributed by atoms with E-state index in [1.165, 1.54) is 6.20 Å². The van der Waals surface area contributed by atoms with Crippen LogP contribution in [0.25, 0.3) is 0 Å². The Kier molecular flexibility index (Phi) is 4.46. The zero-order valence-corrected chi connectivity index (χ0v) is 10.3. The van der Waals surface area contributed by atoms with Crippen LogP contribution in [-0.2, 0) is 0 Å². The molecule has 7 nitrogen and oxygen atoms in total. The van der Waals surface area contributed by atoms with E-state index >= 15 is 0 Å². The first-order chi connectivity index (χ1) is 9.33. The van der Waals surface area contributed by atoms with E-state index in [0.29, 0.717) is 19.5 Å². The number of rotatable bonds is 5. The first-order valence-electron chi connectivity index (χ1n) is 5.91. The number of benzene rings is 1. The van der Waals surface area contributed by atoms with Gasteiger partial charge < -0.3 is 10.6 Å². The second kappa shape index (κ2) is 6.50. The molecule has 0 spiro atoms. The first kappa shape index (κ1) is 13.0. The molecule has 98 valence electrons. The zero-order chi connectivity index (χ0) is 13.5. The molecule has 0 bridgehead atoms. The molecule has 1 aromatic carbocycles. The monoisotopic (exact) mass is 258 g/mol. The van der Waals surface area contributed by atoms with Gasteiger partial charge in [0.2, 0.25) is 0 Å². The smallest absolute Gasteiger partial charge is 0.280 e. The Balaban J connectivity index is 2.25. The highest BCUT2D eigenvalue weighted by Crippen LogP contribution is 2.15. The Morgan fingerprint density at radius 1 is 1.21 bits per heavy atom. The molecule has 0 saturated carbocycles. The number of nitrogens with two attached hydrogens (primary N) is 1. The maximum atomic E-state index is 12.4. The summed E-state index contributed by atoms with van der Waals surface area (Å²) in [5, 5.41) is 14.0. The SMILES string of the molecule is NCCCN(C(=O)c1cnnnn1)c1ccccc1. The van der Waals surface area contributed by atoms with Gasteiger partial charge in [-0.1, -0.05) is 18.2 Å². The minimum Gasteiger partial charge on any atom is -0.330 e. The molecule has 0 unspecified atom stereocenters. The molecule has 2 N–H and O–H groups in total. The third-order valence-electron chi connectivity index (χ3n) is 2.54. The summed E-state index contributed by atoms with van der Waals surface area (Å²) < 4.78 is 0. The summed E-state index contributed by atoms with van der Waals surface area (Å²) in [6, 6.07) is 9.35. The third kappa shape index (κ3) is 3.29. The molecule has 0 aliphatic rings. The van der Waals surface area contributed by atoms with Crippen LogP contribution in [0.1, 0.15) is 16.9 Å². The zero-order valence-electron chi connectivity index (χ0n) is 10.3. The quantitative estimate of drug-likeness (QED) is 0.826. The Morgan fingerprint density at radius 2 is 2.00 bits per heavy atom. The van der Waals surface area contributed by atoms with Crippen molar-refractivity contribution in [2.75, 3.05) is 18.0 Å². The second-order valence-electron chi connectivity index (χ2n) is 3.84. The van der Waals surface area contributed by atoms with Crippen LogP contribution >= 0.6 is 0 Å². The average molecular weight is 258 g/mol. The Labute approximate surface area is 110 Å². The van der Waals surface area contributed by atoms with Gasteiger partial charge in [0, 0.05) is 12.2 Å². The van der Waals surface area contributed by atoms with Crippen LogP contribution in [-0.4, -0.2) is 39.6 Å². The predicted octanol–water partition coefficient (Wildman–Crippen LogP) is 0.262. The van der Waals surface area contributed by atoms with Gasteiger partial charge in [0.1, 0.15) is 0 Å². The number of aromatic nitrogens is 4. The molecule has 0 aliphatic carbocycles. The molecule has 1 aromatic heterocycles. The number of amides is 1. The Hall–Kier alpha value is -2.41. The molecular formula is C12H14N6O. The lowest BCUT2D eigenvalue weighted by molar-refractivity contribution is 0.0980. The molecular weight excluding hydrogens is 244 g/mol. The number of para-hydroxylation sites is 1. The van der Waals surface area contributed by atoms with Gasteiger partial charge in [-0.15, -0.1) is 10.2 Å². The lowest BCUT2D eigenvalue weighted by Gasteiger charge is -2.21. The van der Waals surface area contributed by atoms with Gasteiger partial charge in [0.25, 0.3) is 5.91 Å². The molecule has 0 atom stereocenters. The number of hydrogen-bond acceptors (Lipinski definition) is 6. The maximum absolute atomic E-state index is 12.4. The van der Waals surface area contributed by atoms with Crippen molar-refractivity contribution in [2.24, 2.45) is 5.73 Å². The van der Waals surface area contributed by atoms with Crippen molar-refractivity contribution >= 4 is 11.6 Å². The van der Waals surface area contributed by atoms with Crippen molar-refractivity contribution in [1.29, 1.82) is 0 Å². The molecule has 0 saturated heterocycles.